The fourth-order valence-corrected chi connectivity index (χ4v) is 1.55. The first-order chi connectivity index (χ1) is 8.85. The topological polar surface area (TPSA) is 43.0 Å². The second-order valence-corrected chi connectivity index (χ2v) is 3.98. The summed E-state index contributed by atoms with van der Waals surface area (Å²) in [7, 11) is 1.72. The fourth-order valence-electron chi connectivity index (χ4n) is 1.55. The predicted molar refractivity (Wildman–Crippen MR) is 74.2 cm³/mol. The van der Waals surface area contributed by atoms with Gasteiger partial charge in [-0.2, -0.15) is 0 Å². The van der Waals surface area contributed by atoms with Crippen LogP contribution in [0.2, 0.25) is 0 Å². The summed E-state index contributed by atoms with van der Waals surface area (Å²) in [6.07, 6.45) is 0. The van der Waals surface area contributed by atoms with Crippen LogP contribution in [0.3, 0.4) is 0 Å². The van der Waals surface area contributed by atoms with Crippen LogP contribution in [0.15, 0.2) is 0 Å². The van der Waals surface area contributed by atoms with E-state index in [0.29, 0.717) is 0 Å². The SMILES string of the molecule is CCOCCN(CCNCCOC)CCOCC. The maximum Gasteiger partial charge on any atom is 0.0593 e. The van der Waals surface area contributed by atoms with E-state index in [0.717, 1.165) is 65.8 Å². The lowest BCUT2D eigenvalue weighted by atomic mass is 10.4. The Morgan fingerprint density at radius 1 is 0.833 bits per heavy atom. The molecule has 0 rings (SSSR count). The first-order valence-corrected chi connectivity index (χ1v) is 6.92. The zero-order valence-electron chi connectivity index (χ0n) is 12.2. The number of rotatable bonds is 14. The van der Waals surface area contributed by atoms with Gasteiger partial charge >= 0.3 is 0 Å². The van der Waals surface area contributed by atoms with Crippen molar-refractivity contribution in [2.45, 2.75) is 13.8 Å². The Morgan fingerprint density at radius 2 is 1.44 bits per heavy atom. The van der Waals surface area contributed by atoms with E-state index >= 15 is 0 Å². The normalized spacial score (nSPS) is 11.3. The molecule has 0 aliphatic rings. The summed E-state index contributed by atoms with van der Waals surface area (Å²) in [6.45, 7) is 12.8. The third kappa shape index (κ3) is 12.3. The van der Waals surface area contributed by atoms with Gasteiger partial charge in [0.05, 0.1) is 19.8 Å². The van der Waals surface area contributed by atoms with E-state index in [1.807, 2.05) is 13.8 Å². The minimum absolute atomic E-state index is 0.762. The first-order valence-electron chi connectivity index (χ1n) is 6.92. The Kier molecular flexibility index (Phi) is 14.7. The zero-order chi connectivity index (χ0) is 13.5. The van der Waals surface area contributed by atoms with Gasteiger partial charge in [-0.3, -0.25) is 4.90 Å². The lowest BCUT2D eigenvalue weighted by molar-refractivity contribution is 0.0829. The van der Waals surface area contributed by atoms with Crippen molar-refractivity contribution in [1.29, 1.82) is 0 Å². The van der Waals surface area contributed by atoms with Crippen LogP contribution < -0.4 is 5.32 Å². The molecule has 0 fully saturated rings. The molecular formula is C13H30N2O3. The summed E-state index contributed by atoms with van der Waals surface area (Å²) in [5.74, 6) is 0. The lowest BCUT2D eigenvalue weighted by Gasteiger charge is -2.22. The van der Waals surface area contributed by atoms with Gasteiger partial charge in [0, 0.05) is 53.0 Å². The minimum atomic E-state index is 0.762. The van der Waals surface area contributed by atoms with Crippen molar-refractivity contribution in [3.63, 3.8) is 0 Å². The second kappa shape index (κ2) is 14.9. The molecule has 0 spiro atoms. The number of methoxy groups -OCH3 is 1. The Hall–Kier alpha value is -0.200. The Labute approximate surface area is 112 Å². The molecule has 110 valence electrons. The summed E-state index contributed by atoms with van der Waals surface area (Å²) in [5.41, 5.74) is 0. The summed E-state index contributed by atoms with van der Waals surface area (Å²) in [5, 5.41) is 3.35. The molecule has 0 saturated heterocycles. The number of hydrogen-bond acceptors (Lipinski definition) is 5. The Bertz CT molecular complexity index is 149. The number of hydrogen-bond donors (Lipinski definition) is 1. The number of nitrogens with one attached hydrogen (secondary N) is 1. The molecule has 0 aliphatic heterocycles. The third-order valence-electron chi connectivity index (χ3n) is 2.60. The van der Waals surface area contributed by atoms with Crippen LogP contribution >= 0.6 is 0 Å². The van der Waals surface area contributed by atoms with Gasteiger partial charge in [0.25, 0.3) is 0 Å². The van der Waals surface area contributed by atoms with Crippen LogP contribution in [0.4, 0.5) is 0 Å². The molecule has 0 heterocycles. The van der Waals surface area contributed by atoms with Crippen molar-refractivity contribution in [1.82, 2.24) is 10.2 Å². The van der Waals surface area contributed by atoms with Gasteiger partial charge in [-0.1, -0.05) is 0 Å². The largest absolute Gasteiger partial charge is 0.383 e. The molecule has 0 aliphatic carbocycles. The number of nitrogens with zero attached hydrogens (tertiary/aromatic N) is 1. The highest BCUT2D eigenvalue weighted by Crippen LogP contribution is 1.89. The van der Waals surface area contributed by atoms with Crippen molar-refractivity contribution in [3.8, 4) is 0 Å². The van der Waals surface area contributed by atoms with Gasteiger partial charge in [0.15, 0.2) is 0 Å². The van der Waals surface area contributed by atoms with Crippen LogP contribution in [0.25, 0.3) is 0 Å². The second-order valence-electron chi connectivity index (χ2n) is 3.98. The van der Waals surface area contributed by atoms with Crippen LogP contribution in [0, 0.1) is 0 Å². The van der Waals surface area contributed by atoms with Crippen molar-refractivity contribution >= 4 is 0 Å². The summed E-state index contributed by atoms with van der Waals surface area (Å²) in [6, 6.07) is 0. The molecule has 0 aromatic heterocycles. The van der Waals surface area contributed by atoms with Crippen molar-refractivity contribution in [2.24, 2.45) is 0 Å². The molecule has 0 atom stereocenters. The van der Waals surface area contributed by atoms with Gasteiger partial charge in [-0.15, -0.1) is 0 Å². The van der Waals surface area contributed by atoms with Gasteiger partial charge in [-0.25, -0.2) is 0 Å². The molecule has 0 bridgehead atoms. The van der Waals surface area contributed by atoms with Gasteiger partial charge in [0.1, 0.15) is 0 Å². The Morgan fingerprint density at radius 3 is 1.94 bits per heavy atom. The standard InChI is InChI=1S/C13H30N2O3/c1-4-17-12-9-15(10-13-18-5-2)8-6-14-7-11-16-3/h14H,4-13H2,1-3H3. The summed E-state index contributed by atoms with van der Waals surface area (Å²) in [4.78, 5) is 2.37. The molecule has 0 unspecified atom stereocenters. The van der Waals surface area contributed by atoms with Gasteiger partial charge in [-0.05, 0) is 13.8 Å². The molecule has 0 amide bonds. The summed E-state index contributed by atoms with van der Waals surface area (Å²) >= 11 is 0. The summed E-state index contributed by atoms with van der Waals surface area (Å²) < 4.78 is 15.8. The number of ether oxygens (including phenoxy) is 3. The maximum absolute atomic E-state index is 5.39. The van der Waals surface area contributed by atoms with Crippen molar-refractivity contribution in [2.75, 3.05) is 72.9 Å². The van der Waals surface area contributed by atoms with E-state index in [2.05, 4.69) is 10.2 Å². The highest BCUT2D eigenvalue weighted by atomic mass is 16.5. The lowest BCUT2D eigenvalue weighted by Crippen LogP contribution is -2.37. The smallest absolute Gasteiger partial charge is 0.0593 e. The third-order valence-corrected chi connectivity index (χ3v) is 2.60. The average molecular weight is 262 g/mol. The molecule has 0 saturated carbocycles. The fraction of sp³-hybridized carbons (Fsp3) is 1.00. The molecular weight excluding hydrogens is 232 g/mol. The van der Waals surface area contributed by atoms with Crippen molar-refractivity contribution in [3.05, 3.63) is 0 Å². The van der Waals surface area contributed by atoms with E-state index in [1.54, 1.807) is 7.11 Å². The van der Waals surface area contributed by atoms with Crippen molar-refractivity contribution < 1.29 is 14.2 Å². The van der Waals surface area contributed by atoms with E-state index in [1.165, 1.54) is 0 Å². The quantitative estimate of drug-likeness (QED) is 0.464. The maximum atomic E-state index is 5.39. The minimum Gasteiger partial charge on any atom is -0.383 e. The average Bonchev–Trinajstić information content (AvgIpc) is 2.38. The molecule has 0 aromatic carbocycles. The molecule has 0 radical (unpaired) electrons. The van der Waals surface area contributed by atoms with E-state index in [9.17, 15) is 0 Å². The predicted octanol–water partition coefficient (Wildman–Crippen LogP) is 0.597. The van der Waals surface area contributed by atoms with Crippen LogP contribution in [-0.2, 0) is 14.2 Å². The molecule has 5 heteroatoms. The molecule has 0 aromatic rings. The van der Waals surface area contributed by atoms with Gasteiger partial charge < -0.3 is 19.5 Å². The zero-order valence-corrected chi connectivity index (χ0v) is 12.2. The monoisotopic (exact) mass is 262 g/mol. The van der Waals surface area contributed by atoms with Gasteiger partial charge in [0.2, 0.25) is 0 Å². The van der Waals surface area contributed by atoms with Crippen LogP contribution in [-0.4, -0.2) is 77.8 Å². The van der Waals surface area contributed by atoms with E-state index < -0.39 is 0 Å². The molecule has 1 N–H and O–H groups in total. The van der Waals surface area contributed by atoms with Crippen LogP contribution in [0.1, 0.15) is 13.8 Å². The highest BCUT2D eigenvalue weighted by molar-refractivity contribution is 4.59. The molecule has 5 nitrogen and oxygen atoms in total. The first kappa shape index (κ1) is 17.8. The molecule has 18 heavy (non-hydrogen) atoms. The Balaban J connectivity index is 3.60. The van der Waals surface area contributed by atoms with E-state index in [-0.39, 0.29) is 0 Å². The van der Waals surface area contributed by atoms with Crippen LogP contribution in [0.5, 0.6) is 0 Å². The highest BCUT2D eigenvalue weighted by Gasteiger charge is 2.04. The van der Waals surface area contributed by atoms with E-state index in [4.69, 9.17) is 14.2 Å².